The Morgan fingerprint density at radius 3 is 2.89 bits per heavy atom. The number of rotatable bonds is 10. The Morgan fingerprint density at radius 2 is 2.19 bits per heavy atom. The van der Waals surface area contributed by atoms with E-state index < -0.39 is 17.7 Å². The molecule has 1 fully saturated rings. The fourth-order valence-corrected chi connectivity index (χ4v) is 3.21. The Labute approximate surface area is 157 Å². The van der Waals surface area contributed by atoms with Gasteiger partial charge in [0, 0.05) is 37.9 Å². The maximum absolute atomic E-state index is 14.0. The molecule has 0 bridgehead atoms. The van der Waals surface area contributed by atoms with Gasteiger partial charge in [0.2, 0.25) is 0 Å². The van der Waals surface area contributed by atoms with E-state index in [9.17, 15) is 13.9 Å². The van der Waals surface area contributed by atoms with E-state index in [1.54, 1.807) is 18.4 Å². The van der Waals surface area contributed by atoms with Crippen LogP contribution in [0.2, 0.25) is 0 Å². The van der Waals surface area contributed by atoms with Gasteiger partial charge in [-0.05, 0) is 31.0 Å². The Kier molecular flexibility index (Phi) is 7.34. The molecule has 0 aliphatic carbocycles. The van der Waals surface area contributed by atoms with Crippen LogP contribution >= 0.6 is 0 Å². The van der Waals surface area contributed by atoms with Gasteiger partial charge in [-0.25, -0.2) is 8.78 Å². The number of hydrogen-bond acceptors (Lipinski definition) is 5. The first-order chi connectivity index (χ1) is 13.1. The molecule has 1 aliphatic heterocycles. The summed E-state index contributed by atoms with van der Waals surface area (Å²) in [7, 11) is 0. The lowest BCUT2D eigenvalue weighted by Gasteiger charge is -2.27. The monoisotopic (exact) mass is 381 g/mol. The molecule has 2 heterocycles. The molecule has 5 nitrogen and oxygen atoms in total. The van der Waals surface area contributed by atoms with Gasteiger partial charge in [0.25, 0.3) is 0 Å². The fourth-order valence-electron chi connectivity index (χ4n) is 3.21. The van der Waals surface area contributed by atoms with Crippen molar-refractivity contribution in [1.29, 1.82) is 0 Å². The number of furan rings is 1. The van der Waals surface area contributed by atoms with Crippen molar-refractivity contribution in [2.75, 3.05) is 26.3 Å². The minimum Gasteiger partial charge on any atom is -0.467 e. The van der Waals surface area contributed by atoms with Gasteiger partial charge in [-0.2, -0.15) is 0 Å². The second-order valence-electron chi connectivity index (χ2n) is 6.81. The molecule has 148 valence electrons. The normalized spacial score (nSPS) is 18.3. The van der Waals surface area contributed by atoms with E-state index in [-0.39, 0.29) is 25.9 Å². The van der Waals surface area contributed by atoms with Crippen LogP contribution in [0.5, 0.6) is 0 Å². The van der Waals surface area contributed by atoms with Crippen LogP contribution in [0.15, 0.2) is 41.0 Å². The van der Waals surface area contributed by atoms with Crippen molar-refractivity contribution in [3.63, 3.8) is 0 Å². The van der Waals surface area contributed by atoms with Crippen LogP contribution in [-0.4, -0.2) is 48.5 Å². The van der Waals surface area contributed by atoms with Crippen LogP contribution in [0.3, 0.4) is 0 Å². The highest BCUT2D eigenvalue weighted by molar-refractivity contribution is 5.18. The standard InChI is InChI=1S/C20H25F2NO4/c21-16-6-5-15(20(22)9-16)10-23(12-18-3-1-7-26-18)11-17(24)13-25-14-19-4-2-8-27-19/h2,4-6,8-9,17-18,24H,1,3,7,10-14H2/t17-,18-/m1/s1. The molecular formula is C20H25F2NO4. The molecule has 3 rings (SSSR count). The van der Waals surface area contributed by atoms with E-state index in [4.69, 9.17) is 13.9 Å². The summed E-state index contributed by atoms with van der Waals surface area (Å²) in [4.78, 5) is 1.92. The van der Waals surface area contributed by atoms with E-state index >= 15 is 0 Å². The van der Waals surface area contributed by atoms with Crippen molar-refractivity contribution < 1.29 is 27.8 Å². The molecule has 1 saturated heterocycles. The quantitative estimate of drug-likeness (QED) is 0.685. The predicted octanol–water partition coefficient (Wildman–Crippen LogP) is 3.12. The van der Waals surface area contributed by atoms with Crippen LogP contribution in [-0.2, 0) is 22.6 Å². The molecule has 1 aliphatic rings. The second kappa shape index (κ2) is 9.94. The maximum Gasteiger partial charge on any atom is 0.130 e. The molecule has 27 heavy (non-hydrogen) atoms. The van der Waals surface area contributed by atoms with Gasteiger partial charge >= 0.3 is 0 Å². The zero-order chi connectivity index (χ0) is 19.1. The molecule has 2 aromatic rings. The Hall–Kier alpha value is -1.80. The topological polar surface area (TPSA) is 55.1 Å². The summed E-state index contributed by atoms with van der Waals surface area (Å²) in [5.41, 5.74) is 0.387. The molecule has 0 unspecified atom stereocenters. The summed E-state index contributed by atoms with van der Waals surface area (Å²) < 4.78 is 43.5. The summed E-state index contributed by atoms with van der Waals surface area (Å²) >= 11 is 0. The van der Waals surface area contributed by atoms with Crippen molar-refractivity contribution in [2.24, 2.45) is 0 Å². The van der Waals surface area contributed by atoms with Gasteiger partial charge in [0.1, 0.15) is 24.0 Å². The van der Waals surface area contributed by atoms with Crippen LogP contribution in [0.25, 0.3) is 0 Å². The van der Waals surface area contributed by atoms with Gasteiger partial charge < -0.3 is 19.0 Å². The van der Waals surface area contributed by atoms with E-state index in [0.717, 1.165) is 25.5 Å². The van der Waals surface area contributed by atoms with Gasteiger partial charge in [-0.3, -0.25) is 4.90 Å². The van der Waals surface area contributed by atoms with Gasteiger partial charge in [0.05, 0.1) is 25.1 Å². The third-order valence-electron chi connectivity index (χ3n) is 4.50. The van der Waals surface area contributed by atoms with Crippen molar-refractivity contribution in [3.8, 4) is 0 Å². The average Bonchev–Trinajstić information content (AvgIpc) is 3.31. The number of nitrogens with zero attached hydrogens (tertiary/aromatic N) is 1. The first kappa shape index (κ1) is 19.9. The lowest BCUT2D eigenvalue weighted by atomic mass is 10.1. The zero-order valence-electron chi connectivity index (χ0n) is 15.2. The minimum absolute atomic E-state index is 0.0600. The fraction of sp³-hybridized carbons (Fsp3) is 0.500. The molecule has 7 heteroatoms. The van der Waals surface area contributed by atoms with Crippen LogP contribution in [0.4, 0.5) is 8.78 Å². The minimum atomic E-state index is -0.745. The first-order valence-corrected chi connectivity index (χ1v) is 9.16. The highest BCUT2D eigenvalue weighted by Crippen LogP contribution is 2.17. The third kappa shape index (κ3) is 6.39. The summed E-state index contributed by atoms with van der Waals surface area (Å²) in [6, 6.07) is 7.13. The SMILES string of the molecule is O[C@@H](COCc1ccco1)CN(Cc1ccc(F)cc1F)C[C@H]1CCCO1. The lowest BCUT2D eigenvalue weighted by Crippen LogP contribution is -2.39. The van der Waals surface area contributed by atoms with Crippen molar-refractivity contribution >= 4 is 0 Å². The number of halogens is 2. The molecule has 0 saturated carbocycles. The number of aliphatic hydroxyl groups is 1. The van der Waals surface area contributed by atoms with Crippen molar-refractivity contribution in [2.45, 2.75) is 38.2 Å². The second-order valence-corrected chi connectivity index (χ2v) is 6.81. The average molecular weight is 381 g/mol. The zero-order valence-corrected chi connectivity index (χ0v) is 15.2. The smallest absolute Gasteiger partial charge is 0.130 e. The first-order valence-electron chi connectivity index (χ1n) is 9.16. The number of benzene rings is 1. The Balaban J connectivity index is 1.54. The van der Waals surface area contributed by atoms with E-state index in [1.807, 2.05) is 4.90 Å². The van der Waals surface area contributed by atoms with E-state index in [1.165, 1.54) is 12.1 Å². The Morgan fingerprint density at radius 1 is 1.30 bits per heavy atom. The molecule has 1 N–H and O–H groups in total. The predicted molar refractivity (Wildman–Crippen MR) is 95.0 cm³/mol. The van der Waals surface area contributed by atoms with Crippen molar-refractivity contribution in [1.82, 2.24) is 4.90 Å². The summed E-state index contributed by atoms with van der Waals surface area (Å²) in [6.45, 7) is 2.28. The molecule has 0 amide bonds. The summed E-state index contributed by atoms with van der Waals surface area (Å²) in [5.74, 6) is -0.504. The van der Waals surface area contributed by atoms with E-state index in [0.29, 0.717) is 24.4 Å². The molecular weight excluding hydrogens is 356 g/mol. The van der Waals surface area contributed by atoms with Crippen LogP contribution in [0, 0.1) is 11.6 Å². The molecule has 2 atom stereocenters. The van der Waals surface area contributed by atoms with Crippen LogP contribution in [0.1, 0.15) is 24.2 Å². The summed E-state index contributed by atoms with van der Waals surface area (Å²) in [6.07, 6.45) is 2.82. The number of ether oxygens (including phenoxy) is 2. The number of aliphatic hydroxyl groups excluding tert-OH is 1. The van der Waals surface area contributed by atoms with E-state index in [2.05, 4.69) is 0 Å². The molecule has 1 aromatic heterocycles. The highest BCUT2D eigenvalue weighted by atomic mass is 19.1. The Bertz CT molecular complexity index is 689. The lowest BCUT2D eigenvalue weighted by molar-refractivity contribution is -0.00655. The third-order valence-corrected chi connectivity index (χ3v) is 4.50. The maximum atomic E-state index is 14.0. The van der Waals surface area contributed by atoms with Gasteiger partial charge in [-0.15, -0.1) is 0 Å². The largest absolute Gasteiger partial charge is 0.467 e. The highest BCUT2D eigenvalue weighted by Gasteiger charge is 2.22. The van der Waals surface area contributed by atoms with Gasteiger partial charge in [0.15, 0.2) is 0 Å². The van der Waals surface area contributed by atoms with Gasteiger partial charge in [-0.1, -0.05) is 6.07 Å². The number of hydrogen-bond donors (Lipinski definition) is 1. The van der Waals surface area contributed by atoms with Crippen molar-refractivity contribution in [3.05, 3.63) is 59.6 Å². The molecule has 0 radical (unpaired) electrons. The molecule has 0 spiro atoms. The summed E-state index contributed by atoms with van der Waals surface area (Å²) in [5, 5.41) is 10.3. The van der Waals surface area contributed by atoms with Crippen LogP contribution < -0.4 is 0 Å². The molecule has 1 aromatic carbocycles.